The number of ether oxygens (including phenoxy) is 1. The normalized spacial score (nSPS) is 24.7. The van der Waals surface area contributed by atoms with Gasteiger partial charge in [-0.1, -0.05) is 36.4 Å². The first kappa shape index (κ1) is 19.5. The van der Waals surface area contributed by atoms with Crippen molar-refractivity contribution in [3.05, 3.63) is 60.2 Å². The molecule has 3 aliphatic rings. The van der Waals surface area contributed by atoms with E-state index in [9.17, 15) is 9.59 Å². The maximum absolute atomic E-state index is 12.9. The van der Waals surface area contributed by atoms with E-state index in [1.165, 1.54) is 4.90 Å². The summed E-state index contributed by atoms with van der Waals surface area (Å²) in [6.45, 7) is 1.44. The first-order valence-corrected chi connectivity index (χ1v) is 10.4. The monoisotopic (exact) mass is 420 g/mol. The summed E-state index contributed by atoms with van der Waals surface area (Å²) in [4.78, 5) is 31.9. The zero-order valence-corrected chi connectivity index (χ0v) is 17.2. The van der Waals surface area contributed by atoms with Crippen molar-refractivity contribution in [1.29, 1.82) is 0 Å². The molecule has 2 N–H and O–H groups in total. The molecule has 0 bridgehead atoms. The summed E-state index contributed by atoms with van der Waals surface area (Å²) in [6, 6.07) is 6.46. The number of nitrogens with zero attached hydrogens (tertiary/aromatic N) is 4. The van der Waals surface area contributed by atoms with Crippen molar-refractivity contribution in [3.8, 4) is 5.75 Å². The number of carbonyl (C=O) groups excluding carboxylic acids is 2. The number of nitrogens with one attached hydrogen (secondary N) is 2. The molecule has 1 aromatic carbocycles. The highest BCUT2D eigenvalue weighted by molar-refractivity contribution is 6.02. The molecule has 9 nitrogen and oxygen atoms in total. The summed E-state index contributed by atoms with van der Waals surface area (Å²) in [5, 5.41) is 10.7. The lowest BCUT2D eigenvalue weighted by Gasteiger charge is -2.29. The first-order chi connectivity index (χ1) is 15.1. The molecular formula is C22H24N6O3. The van der Waals surface area contributed by atoms with Crippen molar-refractivity contribution < 1.29 is 14.3 Å². The van der Waals surface area contributed by atoms with Crippen molar-refractivity contribution in [2.45, 2.75) is 25.0 Å². The molecule has 2 amide bonds. The van der Waals surface area contributed by atoms with E-state index in [4.69, 9.17) is 4.74 Å². The second kappa shape index (κ2) is 7.99. The lowest BCUT2D eigenvalue weighted by molar-refractivity contribution is -0.120. The molecule has 2 aromatic rings. The van der Waals surface area contributed by atoms with Crippen LogP contribution < -0.4 is 20.3 Å². The van der Waals surface area contributed by atoms with Crippen molar-refractivity contribution in [2.24, 2.45) is 5.92 Å². The van der Waals surface area contributed by atoms with E-state index in [1.54, 1.807) is 17.8 Å². The Morgan fingerprint density at radius 3 is 3.00 bits per heavy atom. The standard InChI is InChI=1S/C22H24N6O3/c1-27-16-9-5-6-10-17(16)31-13-15(22(27)30)24-21(29)19-25-20-18(14-7-3-2-4-8-14)23-11-12-28(20)26-19/h2-7,9-10,14-15,18,23H,8,11-13H2,1H3,(H,24,29)/t14?,15-,18?/m0/s1. The summed E-state index contributed by atoms with van der Waals surface area (Å²) in [5.41, 5.74) is 0.670. The SMILES string of the molecule is CN1C(=O)[C@@H](NC(=O)c2nc3n(n2)CCNC3C2C=CC=CC2)COc2ccccc21. The molecule has 0 saturated heterocycles. The van der Waals surface area contributed by atoms with Crippen LogP contribution in [-0.4, -0.2) is 52.8 Å². The van der Waals surface area contributed by atoms with Crippen LogP contribution in [0, 0.1) is 5.92 Å². The zero-order valence-electron chi connectivity index (χ0n) is 17.2. The number of likely N-dealkylation sites (N-methyl/N-ethyl adjacent to an activating group) is 1. The van der Waals surface area contributed by atoms with E-state index in [0.717, 1.165) is 18.8 Å². The van der Waals surface area contributed by atoms with E-state index < -0.39 is 11.9 Å². The average Bonchev–Trinajstić information content (AvgIpc) is 3.22. The number of anilines is 1. The maximum atomic E-state index is 12.9. The molecule has 2 unspecified atom stereocenters. The van der Waals surface area contributed by atoms with Crippen LogP contribution in [0.3, 0.4) is 0 Å². The Labute approximate surface area is 179 Å². The molecule has 5 rings (SSSR count). The highest BCUT2D eigenvalue weighted by atomic mass is 16.5. The fraction of sp³-hybridized carbons (Fsp3) is 0.364. The Morgan fingerprint density at radius 1 is 1.29 bits per heavy atom. The highest BCUT2D eigenvalue weighted by Crippen LogP contribution is 2.31. The molecule has 9 heteroatoms. The Balaban J connectivity index is 1.34. The van der Waals surface area contributed by atoms with Crippen LogP contribution in [0.25, 0.3) is 0 Å². The Kier molecular flexibility index (Phi) is 5.03. The molecule has 0 saturated carbocycles. The van der Waals surface area contributed by atoms with Gasteiger partial charge in [0.25, 0.3) is 11.8 Å². The number of hydrogen-bond acceptors (Lipinski definition) is 6. The van der Waals surface area contributed by atoms with Gasteiger partial charge >= 0.3 is 0 Å². The van der Waals surface area contributed by atoms with E-state index >= 15 is 0 Å². The minimum atomic E-state index is -0.828. The lowest BCUT2D eigenvalue weighted by atomic mass is 9.91. The summed E-state index contributed by atoms with van der Waals surface area (Å²) >= 11 is 0. The van der Waals surface area contributed by atoms with Crippen LogP contribution in [0.2, 0.25) is 0 Å². The van der Waals surface area contributed by atoms with Crippen LogP contribution in [0.15, 0.2) is 48.6 Å². The lowest BCUT2D eigenvalue weighted by Crippen LogP contribution is -2.49. The Morgan fingerprint density at radius 2 is 2.16 bits per heavy atom. The minimum absolute atomic E-state index is 0.00696. The van der Waals surface area contributed by atoms with Gasteiger partial charge in [-0.3, -0.25) is 9.59 Å². The van der Waals surface area contributed by atoms with Crippen LogP contribution in [0.5, 0.6) is 5.75 Å². The van der Waals surface area contributed by atoms with E-state index in [0.29, 0.717) is 18.0 Å². The van der Waals surface area contributed by atoms with Gasteiger partial charge in [0.15, 0.2) is 0 Å². The Hall–Kier alpha value is -3.46. The fourth-order valence-electron chi connectivity index (χ4n) is 4.23. The summed E-state index contributed by atoms with van der Waals surface area (Å²) in [7, 11) is 1.67. The predicted molar refractivity (Wildman–Crippen MR) is 114 cm³/mol. The average molecular weight is 420 g/mol. The molecule has 1 aliphatic carbocycles. The predicted octanol–water partition coefficient (Wildman–Crippen LogP) is 1.21. The topological polar surface area (TPSA) is 101 Å². The number of fused-ring (bicyclic) bond motifs is 2. The van der Waals surface area contributed by atoms with Crippen LogP contribution in [0.4, 0.5) is 5.69 Å². The summed E-state index contributed by atoms with van der Waals surface area (Å²) < 4.78 is 7.56. The zero-order chi connectivity index (χ0) is 21.4. The second-order valence-electron chi connectivity index (χ2n) is 7.86. The number of para-hydroxylation sites is 2. The third kappa shape index (κ3) is 3.61. The second-order valence-corrected chi connectivity index (χ2v) is 7.86. The largest absolute Gasteiger partial charge is 0.489 e. The number of aromatic nitrogens is 3. The molecule has 2 aliphatic heterocycles. The van der Waals surface area contributed by atoms with Crippen molar-refractivity contribution >= 4 is 17.5 Å². The highest BCUT2D eigenvalue weighted by Gasteiger charge is 2.34. The number of allylic oxidation sites excluding steroid dienone is 3. The molecule has 3 atom stereocenters. The van der Waals surface area contributed by atoms with Gasteiger partial charge in [-0.25, -0.2) is 9.67 Å². The van der Waals surface area contributed by atoms with Gasteiger partial charge in [0, 0.05) is 19.5 Å². The van der Waals surface area contributed by atoms with Crippen molar-refractivity contribution in [2.75, 3.05) is 25.1 Å². The van der Waals surface area contributed by atoms with Gasteiger partial charge in [0.2, 0.25) is 5.82 Å². The minimum Gasteiger partial charge on any atom is -0.489 e. The van der Waals surface area contributed by atoms with Gasteiger partial charge in [0.1, 0.15) is 24.2 Å². The van der Waals surface area contributed by atoms with E-state index in [-0.39, 0.29) is 30.3 Å². The summed E-state index contributed by atoms with van der Waals surface area (Å²) in [6.07, 6.45) is 9.25. The van der Waals surface area contributed by atoms with Crippen LogP contribution >= 0.6 is 0 Å². The molecule has 0 radical (unpaired) electrons. The fourth-order valence-corrected chi connectivity index (χ4v) is 4.23. The van der Waals surface area contributed by atoms with Crippen LogP contribution in [0.1, 0.15) is 28.9 Å². The van der Waals surface area contributed by atoms with Gasteiger partial charge in [-0.15, -0.1) is 5.10 Å². The molecule has 1 aromatic heterocycles. The van der Waals surface area contributed by atoms with Crippen LogP contribution in [-0.2, 0) is 11.3 Å². The molecule has 31 heavy (non-hydrogen) atoms. The number of amides is 2. The maximum Gasteiger partial charge on any atom is 0.291 e. The van der Waals surface area contributed by atoms with Gasteiger partial charge in [-0.2, -0.15) is 0 Å². The quantitative estimate of drug-likeness (QED) is 0.774. The van der Waals surface area contributed by atoms with Crippen molar-refractivity contribution in [1.82, 2.24) is 25.4 Å². The molecular weight excluding hydrogens is 396 g/mol. The van der Waals surface area contributed by atoms with E-state index in [1.807, 2.05) is 30.4 Å². The first-order valence-electron chi connectivity index (χ1n) is 10.4. The van der Waals surface area contributed by atoms with Crippen molar-refractivity contribution in [3.63, 3.8) is 0 Å². The number of benzene rings is 1. The molecule has 160 valence electrons. The van der Waals surface area contributed by atoms with Gasteiger partial charge in [0.05, 0.1) is 18.3 Å². The number of rotatable bonds is 3. The molecule has 0 spiro atoms. The number of hydrogen-bond donors (Lipinski definition) is 2. The summed E-state index contributed by atoms with van der Waals surface area (Å²) in [5.74, 6) is 0.940. The third-order valence-electron chi connectivity index (χ3n) is 5.88. The molecule has 3 heterocycles. The Bertz CT molecular complexity index is 1070. The molecule has 0 fully saturated rings. The number of carbonyl (C=O) groups is 2. The smallest absolute Gasteiger partial charge is 0.291 e. The van der Waals surface area contributed by atoms with E-state index in [2.05, 4.69) is 32.9 Å². The van der Waals surface area contributed by atoms with Gasteiger partial charge < -0.3 is 20.3 Å². The van der Waals surface area contributed by atoms with Gasteiger partial charge in [-0.05, 0) is 18.6 Å². The third-order valence-corrected chi connectivity index (χ3v) is 5.88.